The Balaban J connectivity index is 1.80. The molecule has 0 atom stereocenters. The summed E-state index contributed by atoms with van der Waals surface area (Å²) in [6.07, 6.45) is 0. The van der Waals surface area contributed by atoms with Gasteiger partial charge >= 0.3 is 5.97 Å². The number of rotatable bonds is 7. The predicted octanol–water partition coefficient (Wildman–Crippen LogP) is 3.47. The summed E-state index contributed by atoms with van der Waals surface area (Å²) in [5.41, 5.74) is 2.70. The van der Waals surface area contributed by atoms with E-state index in [-0.39, 0.29) is 28.1 Å². The molecule has 0 aliphatic carbocycles. The van der Waals surface area contributed by atoms with Crippen molar-refractivity contribution in [2.75, 3.05) is 32.3 Å². The lowest BCUT2D eigenvalue weighted by Crippen LogP contribution is -2.21. The van der Waals surface area contributed by atoms with Gasteiger partial charge in [0.15, 0.2) is 5.16 Å². The maximum atomic E-state index is 12.7. The molecule has 0 bridgehead atoms. The number of anilines is 1. The summed E-state index contributed by atoms with van der Waals surface area (Å²) in [5, 5.41) is 11.9. The van der Waals surface area contributed by atoms with Gasteiger partial charge in [-0.3, -0.25) is 14.2 Å². The number of aryl methyl sites for hydroxylation is 2. The number of nitrogens with one attached hydrogen (secondary N) is 1. The normalized spacial score (nSPS) is 10.7. The average Bonchev–Trinajstić information content (AvgIpc) is 3.31. The molecule has 9 nitrogen and oxygen atoms in total. The van der Waals surface area contributed by atoms with Crippen molar-refractivity contribution in [2.24, 2.45) is 0 Å². The highest BCUT2D eigenvalue weighted by atomic mass is 32.2. The van der Waals surface area contributed by atoms with Gasteiger partial charge in [-0.15, -0.1) is 21.5 Å². The first-order chi connectivity index (χ1) is 15.6. The molecule has 3 rings (SSSR count). The molecule has 0 unspecified atom stereocenters. The molecule has 2 amide bonds. The SMILES string of the molecule is COC(=O)c1c(NC(=O)CSc2nnc(C)n2-c2ccc(C)cc2)sc(C(=O)N(C)C)c1C. The first-order valence-electron chi connectivity index (χ1n) is 9.99. The van der Waals surface area contributed by atoms with Crippen molar-refractivity contribution < 1.29 is 19.1 Å². The fourth-order valence-electron chi connectivity index (χ4n) is 3.08. The number of hydrogen-bond acceptors (Lipinski definition) is 8. The molecular formula is C22H25N5O4S2. The molecule has 1 N–H and O–H groups in total. The third kappa shape index (κ3) is 5.25. The fourth-order valence-corrected chi connectivity index (χ4v) is 5.11. The Morgan fingerprint density at radius 3 is 2.39 bits per heavy atom. The molecule has 2 heterocycles. The van der Waals surface area contributed by atoms with Gasteiger partial charge in [0.05, 0.1) is 23.3 Å². The molecule has 0 saturated carbocycles. The maximum absolute atomic E-state index is 12.7. The number of esters is 1. The first-order valence-corrected chi connectivity index (χ1v) is 11.8. The summed E-state index contributed by atoms with van der Waals surface area (Å²) in [4.78, 5) is 39.3. The summed E-state index contributed by atoms with van der Waals surface area (Å²) in [7, 11) is 4.51. The summed E-state index contributed by atoms with van der Waals surface area (Å²) in [6, 6.07) is 7.93. The number of benzene rings is 1. The number of thiophene rings is 1. The van der Waals surface area contributed by atoms with E-state index in [1.807, 2.05) is 42.7 Å². The summed E-state index contributed by atoms with van der Waals surface area (Å²) in [6.45, 7) is 5.52. The fraction of sp³-hybridized carbons (Fsp3) is 0.318. The van der Waals surface area contributed by atoms with E-state index in [0.29, 0.717) is 21.4 Å². The van der Waals surface area contributed by atoms with Crippen molar-refractivity contribution >= 4 is 45.9 Å². The van der Waals surface area contributed by atoms with E-state index >= 15 is 0 Å². The van der Waals surface area contributed by atoms with Crippen LogP contribution in [0.2, 0.25) is 0 Å². The Morgan fingerprint density at radius 1 is 1.12 bits per heavy atom. The number of hydrogen-bond donors (Lipinski definition) is 1. The number of ether oxygens (including phenoxy) is 1. The summed E-state index contributed by atoms with van der Waals surface area (Å²) < 4.78 is 6.74. The van der Waals surface area contributed by atoms with Crippen LogP contribution < -0.4 is 5.32 Å². The van der Waals surface area contributed by atoms with Gasteiger partial charge in [-0.25, -0.2) is 4.79 Å². The Labute approximate surface area is 200 Å². The third-order valence-electron chi connectivity index (χ3n) is 4.81. The van der Waals surface area contributed by atoms with E-state index in [1.165, 1.54) is 23.8 Å². The van der Waals surface area contributed by atoms with E-state index in [1.54, 1.807) is 21.0 Å². The average molecular weight is 488 g/mol. The summed E-state index contributed by atoms with van der Waals surface area (Å²) >= 11 is 2.28. The van der Waals surface area contributed by atoms with E-state index < -0.39 is 5.97 Å². The van der Waals surface area contributed by atoms with Gasteiger partial charge in [-0.1, -0.05) is 29.5 Å². The van der Waals surface area contributed by atoms with Crippen LogP contribution in [0.15, 0.2) is 29.4 Å². The molecule has 0 saturated heterocycles. The molecule has 0 aliphatic heterocycles. The van der Waals surface area contributed by atoms with Crippen LogP contribution in [0.25, 0.3) is 5.69 Å². The van der Waals surface area contributed by atoms with Crippen molar-refractivity contribution in [3.63, 3.8) is 0 Å². The van der Waals surface area contributed by atoms with Crippen molar-refractivity contribution in [2.45, 2.75) is 25.9 Å². The van der Waals surface area contributed by atoms with Crippen molar-refractivity contribution in [3.8, 4) is 5.69 Å². The molecule has 0 spiro atoms. The van der Waals surface area contributed by atoms with Crippen LogP contribution in [0.1, 0.15) is 37.0 Å². The largest absolute Gasteiger partial charge is 0.465 e. The Bertz CT molecular complexity index is 1200. The van der Waals surface area contributed by atoms with Gasteiger partial charge in [0.1, 0.15) is 10.8 Å². The molecule has 11 heteroatoms. The lowest BCUT2D eigenvalue weighted by atomic mass is 10.1. The minimum Gasteiger partial charge on any atom is -0.465 e. The van der Waals surface area contributed by atoms with Crippen LogP contribution in [0.3, 0.4) is 0 Å². The molecule has 174 valence electrons. The van der Waals surface area contributed by atoms with Crippen LogP contribution in [0, 0.1) is 20.8 Å². The Hall–Kier alpha value is -3.18. The Kier molecular flexibility index (Phi) is 7.54. The van der Waals surface area contributed by atoms with Crippen LogP contribution in [0.4, 0.5) is 5.00 Å². The van der Waals surface area contributed by atoms with Gasteiger partial charge < -0.3 is 15.0 Å². The zero-order valence-electron chi connectivity index (χ0n) is 19.3. The van der Waals surface area contributed by atoms with Crippen LogP contribution in [0.5, 0.6) is 0 Å². The van der Waals surface area contributed by atoms with Gasteiger partial charge in [-0.05, 0) is 38.5 Å². The monoisotopic (exact) mass is 487 g/mol. The van der Waals surface area contributed by atoms with Gasteiger partial charge in [0.25, 0.3) is 5.91 Å². The van der Waals surface area contributed by atoms with Gasteiger partial charge in [-0.2, -0.15) is 0 Å². The predicted molar refractivity (Wildman–Crippen MR) is 129 cm³/mol. The quantitative estimate of drug-likeness (QED) is 0.402. The second-order valence-corrected chi connectivity index (χ2v) is 9.45. The molecule has 33 heavy (non-hydrogen) atoms. The smallest absolute Gasteiger partial charge is 0.341 e. The highest BCUT2D eigenvalue weighted by Gasteiger charge is 2.27. The van der Waals surface area contributed by atoms with Crippen molar-refractivity contribution in [3.05, 3.63) is 51.7 Å². The standard InChI is InChI=1S/C22H25N5O4S2/c1-12-7-9-15(10-8-12)27-14(3)24-25-22(27)32-11-16(28)23-19-17(21(30)31-6)13(2)18(33-19)20(29)26(4)5/h7-10H,11H2,1-6H3,(H,23,28). The zero-order valence-corrected chi connectivity index (χ0v) is 20.9. The second-order valence-electron chi connectivity index (χ2n) is 7.49. The van der Waals surface area contributed by atoms with Crippen LogP contribution >= 0.6 is 23.1 Å². The molecule has 0 fully saturated rings. The minimum atomic E-state index is -0.612. The van der Waals surface area contributed by atoms with Gasteiger partial charge in [0, 0.05) is 19.8 Å². The number of carbonyl (C=O) groups excluding carboxylic acids is 3. The molecule has 0 radical (unpaired) electrons. The highest BCUT2D eigenvalue weighted by molar-refractivity contribution is 7.99. The minimum absolute atomic E-state index is 0.0402. The number of carbonyl (C=O) groups is 3. The van der Waals surface area contributed by atoms with E-state index in [4.69, 9.17) is 4.74 Å². The van der Waals surface area contributed by atoms with Crippen LogP contribution in [-0.2, 0) is 9.53 Å². The molecule has 1 aromatic carbocycles. The lowest BCUT2D eigenvalue weighted by molar-refractivity contribution is -0.113. The van der Waals surface area contributed by atoms with Crippen molar-refractivity contribution in [1.82, 2.24) is 19.7 Å². The lowest BCUT2D eigenvalue weighted by Gasteiger charge is -2.09. The van der Waals surface area contributed by atoms with E-state index in [9.17, 15) is 14.4 Å². The van der Waals surface area contributed by atoms with Crippen molar-refractivity contribution in [1.29, 1.82) is 0 Å². The number of aromatic nitrogens is 3. The van der Waals surface area contributed by atoms with E-state index in [2.05, 4.69) is 15.5 Å². The second kappa shape index (κ2) is 10.2. The van der Waals surface area contributed by atoms with Crippen LogP contribution in [-0.4, -0.2) is 64.4 Å². The third-order valence-corrected chi connectivity index (χ3v) is 6.93. The number of amides is 2. The molecule has 3 aromatic rings. The maximum Gasteiger partial charge on any atom is 0.341 e. The number of nitrogens with zero attached hydrogens (tertiary/aromatic N) is 4. The van der Waals surface area contributed by atoms with Gasteiger partial charge in [0.2, 0.25) is 5.91 Å². The highest BCUT2D eigenvalue weighted by Crippen LogP contribution is 2.34. The van der Waals surface area contributed by atoms with E-state index in [0.717, 1.165) is 22.6 Å². The number of methoxy groups -OCH3 is 1. The Morgan fingerprint density at radius 2 is 1.79 bits per heavy atom. The number of thioether (sulfide) groups is 1. The molecular weight excluding hydrogens is 462 g/mol. The molecule has 0 aliphatic rings. The first kappa shape index (κ1) is 24.5. The molecule has 2 aromatic heterocycles. The zero-order chi connectivity index (χ0) is 24.3. The topological polar surface area (TPSA) is 106 Å². The summed E-state index contributed by atoms with van der Waals surface area (Å²) in [5.74, 6) is -0.460.